The van der Waals surface area contributed by atoms with E-state index in [4.69, 9.17) is 4.74 Å². The van der Waals surface area contributed by atoms with Crippen molar-refractivity contribution in [2.75, 3.05) is 26.2 Å². The van der Waals surface area contributed by atoms with Crippen molar-refractivity contribution in [1.29, 1.82) is 0 Å². The van der Waals surface area contributed by atoms with E-state index in [2.05, 4.69) is 9.82 Å². The van der Waals surface area contributed by atoms with Gasteiger partial charge in [-0.3, -0.25) is 5.01 Å². The van der Waals surface area contributed by atoms with Gasteiger partial charge in [0.15, 0.2) is 5.82 Å². The lowest BCUT2D eigenvalue weighted by Crippen LogP contribution is -2.48. The van der Waals surface area contributed by atoms with Crippen LogP contribution in [0.4, 0.5) is 5.82 Å². The fourth-order valence-corrected chi connectivity index (χ4v) is 3.36. The molecule has 2 N–H and O–H groups in total. The van der Waals surface area contributed by atoms with E-state index in [9.17, 15) is 18.3 Å². The number of nitrogens with one attached hydrogen (secondary N) is 1. The van der Waals surface area contributed by atoms with Crippen molar-refractivity contribution < 1.29 is 23.1 Å². The number of pyridine rings is 1. The van der Waals surface area contributed by atoms with Gasteiger partial charge in [-0.1, -0.05) is 30.3 Å². The van der Waals surface area contributed by atoms with Gasteiger partial charge in [0, 0.05) is 25.5 Å². The summed E-state index contributed by atoms with van der Waals surface area (Å²) in [6.07, 6.45) is 0. The quantitative estimate of drug-likeness (QED) is 0.527. The van der Waals surface area contributed by atoms with Crippen LogP contribution in [0.2, 0.25) is 0 Å². The molecule has 1 heterocycles. The standard InChI is InChI=1S/C20H22N4O5S/c1-23(2)30(27,28)22-24(13-14-7-5-4-6-8-14)19-17(20(25)26)11-15-9-10-16(29-3)12-18(15)21-19/h4-12,22H,13H2,1-3H3,(H,25,26). The van der Waals surface area contributed by atoms with Gasteiger partial charge in [0.2, 0.25) is 0 Å². The van der Waals surface area contributed by atoms with Crippen molar-refractivity contribution >= 4 is 32.9 Å². The number of ether oxygens (including phenoxy) is 1. The fourth-order valence-electron chi connectivity index (χ4n) is 2.76. The molecule has 0 aliphatic rings. The van der Waals surface area contributed by atoms with Gasteiger partial charge in [-0.05, 0) is 23.8 Å². The third kappa shape index (κ3) is 4.67. The Morgan fingerprint density at radius 3 is 2.43 bits per heavy atom. The molecule has 0 amide bonds. The summed E-state index contributed by atoms with van der Waals surface area (Å²) in [5, 5.41) is 11.6. The van der Waals surface area contributed by atoms with Crippen molar-refractivity contribution in [3.05, 3.63) is 65.7 Å². The molecule has 10 heteroatoms. The maximum absolute atomic E-state index is 12.5. The number of aromatic nitrogens is 1. The Labute approximate surface area is 174 Å². The Hall–Kier alpha value is -3.21. The number of aromatic carboxylic acids is 1. The monoisotopic (exact) mass is 430 g/mol. The second-order valence-electron chi connectivity index (χ2n) is 6.67. The van der Waals surface area contributed by atoms with E-state index in [0.717, 1.165) is 9.87 Å². The molecule has 0 radical (unpaired) electrons. The molecule has 0 aliphatic carbocycles. The van der Waals surface area contributed by atoms with Gasteiger partial charge in [0.1, 0.15) is 11.3 Å². The first-order valence-corrected chi connectivity index (χ1v) is 10.4. The highest BCUT2D eigenvalue weighted by atomic mass is 32.2. The molecule has 158 valence electrons. The predicted octanol–water partition coefficient (Wildman–Crippen LogP) is 2.26. The highest BCUT2D eigenvalue weighted by molar-refractivity contribution is 7.87. The second-order valence-corrected chi connectivity index (χ2v) is 8.54. The van der Waals surface area contributed by atoms with Crippen molar-refractivity contribution in [1.82, 2.24) is 14.1 Å². The van der Waals surface area contributed by atoms with Crippen molar-refractivity contribution in [3.8, 4) is 5.75 Å². The SMILES string of the molecule is COc1ccc2cc(C(=O)O)c(N(Cc3ccccc3)NS(=O)(=O)N(C)C)nc2c1. The molecule has 2 aromatic carbocycles. The number of methoxy groups -OCH3 is 1. The van der Waals surface area contributed by atoms with Gasteiger partial charge >= 0.3 is 5.97 Å². The zero-order valence-electron chi connectivity index (χ0n) is 16.7. The van der Waals surface area contributed by atoms with Crippen molar-refractivity contribution in [2.24, 2.45) is 0 Å². The Bertz CT molecular complexity index is 1170. The van der Waals surface area contributed by atoms with E-state index in [-0.39, 0.29) is 17.9 Å². The Balaban J connectivity index is 2.18. The van der Waals surface area contributed by atoms with Crippen LogP contribution in [0.5, 0.6) is 5.75 Å². The van der Waals surface area contributed by atoms with E-state index in [1.807, 2.05) is 30.3 Å². The van der Waals surface area contributed by atoms with E-state index < -0.39 is 16.2 Å². The molecule has 0 aliphatic heterocycles. The number of fused-ring (bicyclic) bond motifs is 1. The van der Waals surface area contributed by atoms with Gasteiger partial charge in [0.25, 0.3) is 10.2 Å². The minimum absolute atomic E-state index is 0.0301. The Kier molecular flexibility index (Phi) is 6.20. The van der Waals surface area contributed by atoms with Crippen LogP contribution in [0.3, 0.4) is 0 Å². The molecule has 9 nitrogen and oxygen atoms in total. The molecule has 0 atom stereocenters. The van der Waals surface area contributed by atoms with E-state index in [1.54, 1.807) is 18.2 Å². The van der Waals surface area contributed by atoms with Crippen LogP contribution in [0.25, 0.3) is 10.9 Å². The second kappa shape index (κ2) is 8.66. The molecule has 0 saturated heterocycles. The van der Waals surface area contributed by atoms with Gasteiger partial charge in [-0.15, -0.1) is 4.83 Å². The van der Waals surface area contributed by atoms with Gasteiger partial charge in [-0.2, -0.15) is 12.7 Å². The summed E-state index contributed by atoms with van der Waals surface area (Å²) in [5.41, 5.74) is 1.10. The summed E-state index contributed by atoms with van der Waals surface area (Å²) in [7, 11) is 0.342. The molecule has 3 aromatic rings. The molecule has 0 unspecified atom stereocenters. The van der Waals surface area contributed by atoms with E-state index in [0.29, 0.717) is 16.7 Å². The molecular weight excluding hydrogens is 408 g/mol. The van der Waals surface area contributed by atoms with Crippen molar-refractivity contribution in [2.45, 2.75) is 6.54 Å². The largest absolute Gasteiger partial charge is 0.497 e. The molecule has 0 fully saturated rings. The lowest BCUT2D eigenvalue weighted by atomic mass is 10.1. The van der Waals surface area contributed by atoms with Crippen LogP contribution in [0.15, 0.2) is 54.6 Å². The first kappa shape index (κ1) is 21.5. The fraction of sp³-hybridized carbons (Fsp3) is 0.200. The van der Waals surface area contributed by atoms with Crippen LogP contribution >= 0.6 is 0 Å². The van der Waals surface area contributed by atoms with Gasteiger partial charge in [-0.25, -0.2) is 9.78 Å². The highest BCUT2D eigenvalue weighted by Crippen LogP contribution is 2.27. The first-order chi connectivity index (χ1) is 14.2. The Morgan fingerprint density at radius 2 is 1.83 bits per heavy atom. The zero-order valence-corrected chi connectivity index (χ0v) is 17.5. The van der Waals surface area contributed by atoms with Gasteiger partial charge < -0.3 is 9.84 Å². The molecule has 30 heavy (non-hydrogen) atoms. The predicted molar refractivity (Wildman–Crippen MR) is 114 cm³/mol. The van der Waals surface area contributed by atoms with Crippen LogP contribution < -0.4 is 14.6 Å². The van der Waals surface area contributed by atoms with Crippen LogP contribution in [-0.2, 0) is 16.8 Å². The molecule has 0 saturated carbocycles. The van der Waals surface area contributed by atoms with Crippen LogP contribution in [0, 0.1) is 0 Å². The number of carboxylic acid groups (broad SMARTS) is 1. The van der Waals surface area contributed by atoms with Crippen molar-refractivity contribution in [3.63, 3.8) is 0 Å². The zero-order chi connectivity index (χ0) is 21.9. The minimum Gasteiger partial charge on any atom is -0.497 e. The number of anilines is 1. The normalized spacial score (nSPS) is 11.6. The number of benzene rings is 2. The lowest BCUT2D eigenvalue weighted by Gasteiger charge is -2.27. The molecular formula is C20H22N4O5S. The summed E-state index contributed by atoms with van der Waals surface area (Å²) in [6, 6.07) is 15.6. The Morgan fingerprint density at radius 1 is 1.13 bits per heavy atom. The van der Waals surface area contributed by atoms with E-state index >= 15 is 0 Å². The van der Waals surface area contributed by atoms with Crippen LogP contribution in [-0.4, -0.2) is 50.0 Å². The lowest BCUT2D eigenvalue weighted by molar-refractivity contribution is 0.0697. The number of nitrogens with zero attached hydrogens (tertiary/aromatic N) is 3. The summed E-state index contributed by atoms with van der Waals surface area (Å²) in [6.45, 7) is 0.0661. The van der Waals surface area contributed by atoms with Crippen LogP contribution in [0.1, 0.15) is 15.9 Å². The number of hydrogen-bond donors (Lipinski definition) is 2. The number of hydrazine groups is 1. The molecule has 3 rings (SSSR count). The maximum Gasteiger partial charge on any atom is 0.339 e. The molecule has 1 aromatic heterocycles. The molecule has 0 spiro atoms. The third-order valence-corrected chi connectivity index (χ3v) is 5.79. The van der Waals surface area contributed by atoms with Gasteiger partial charge in [0.05, 0.1) is 19.2 Å². The number of rotatable bonds is 8. The topological polar surface area (TPSA) is 112 Å². The summed E-state index contributed by atoms with van der Waals surface area (Å²) in [5.74, 6) is -0.706. The van der Waals surface area contributed by atoms with E-state index in [1.165, 1.54) is 32.3 Å². The average Bonchev–Trinajstić information content (AvgIpc) is 2.72. The smallest absolute Gasteiger partial charge is 0.339 e. The molecule has 0 bridgehead atoms. The number of hydrogen-bond acceptors (Lipinski definition) is 6. The minimum atomic E-state index is -3.92. The summed E-state index contributed by atoms with van der Waals surface area (Å²) >= 11 is 0. The summed E-state index contributed by atoms with van der Waals surface area (Å²) in [4.78, 5) is 18.9. The number of carbonyl (C=O) groups is 1. The maximum atomic E-state index is 12.5. The highest BCUT2D eigenvalue weighted by Gasteiger charge is 2.25. The third-order valence-electron chi connectivity index (χ3n) is 4.38. The average molecular weight is 430 g/mol. The summed E-state index contributed by atoms with van der Waals surface area (Å²) < 4.78 is 31.3. The number of carboxylic acids is 1. The first-order valence-electron chi connectivity index (χ1n) is 8.94.